The zero-order valence-electron chi connectivity index (χ0n) is 21.0. The van der Waals surface area contributed by atoms with Gasteiger partial charge in [-0.25, -0.2) is 0 Å². The van der Waals surface area contributed by atoms with Gasteiger partial charge in [0, 0.05) is 18.8 Å². The normalized spacial score (nSPS) is 42.2. The van der Waals surface area contributed by atoms with Gasteiger partial charge in [0.15, 0.2) is 5.79 Å². The van der Waals surface area contributed by atoms with Gasteiger partial charge in [-0.3, -0.25) is 4.79 Å². The number of carbonyl (C=O) groups excluding carboxylic acids is 1. The number of ether oxygens (including phenoxy) is 1. The van der Waals surface area contributed by atoms with Crippen LogP contribution in [-0.4, -0.2) is 16.7 Å². The standard InChI is InChI=1S/C30H42O3/c1-5-21-6-8-22(9-7-21)19-33-30(32)17-16-28(3)23(18-30)10-11-24-26-13-12-25(20(2)31)29(26,4)15-14-27(24)28/h6-10,24-27,32H,5,11-19H2,1-4H3. The second kappa shape index (κ2) is 8.34. The molecule has 7 unspecified atom stereocenters. The Kier molecular flexibility index (Phi) is 5.89. The zero-order valence-corrected chi connectivity index (χ0v) is 21.0. The SMILES string of the molecule is CCc1ccc(COC2(O)CCC3(C)C(=CCC4C3CCC3(C)C(C(C)=O)CCC43)C2)cc1. The lowest BCUT2D eigenvalue weighted by Gasteiger charge is -2.58. The van der Waals surface area contributed by atoms with Crippen LogP contribution in [0.4, 0.5) is 0 Å². The summed E-state index contributed by atoms with van der Waals surface area (Å²) < 4.78 is 6.16. The lowest BCUT2D eigenvalue weighted by Crippen LogP contribution is -2.52. The molecule has 4 aliphatic rings. The Labute approximate surface area is 200 Å². The Morgan fingerprint density at radius 3 is 2.45 bits per heavy atom. The maximum absolute atomic E-state index is 12.4. The molecule has 0 bridgehead atoms. The van der Waals surface area contributed by atoms with Gasteiger partial charge in [-0.1, -0.05) is 56.7 Å². The molecule has 3 saturated carbocycles. The molecule has 0 saturated heterocycles. The summed E-state index contributed by atoms with van der Waals surface area (Å²) in [6.07, 6.45) is 11.6. The first-order valence-corrected chi connectivity index (χ1v) is 13.3. The van der Waals surface area contributed by atoms with Crippen molar-refractivity contribution in [2.45, 2.75) is 97.9 Å². The molecule has 0 aromatic heterocycles. The van der Waals surface area contributed by atoms with E-state index in [2.05, 4.69) is 51.1 Å². The monoisotopic (exact) mass is 450 g/mol. The molecule has 180 valence electrons. The molecule has 1 aromatic carbocycles. The highest BCUT2D eigenvalue weighted by atomic mass is 16.6. The molecule has 33 heavy (non-hydrogen) atoms. The largest absolute Gasteiger partial charge is 0.365 e. The number of Topliss-reactive ketones (excluding diaryl/α,β-unsaturated/α-hetero) is 1. The van der Waals surface area contributed by atoms with E-state index in [9.17, 15) is 9.90 Å². The number of hydrogen-bond acceptors (Lipinski definition) is 3. The Morgan fingerprint density at radius 1 is 1.03 bits per heavy atom. The minimum absolute atomic E-state index is 0.164. The number of fused-ring (bicyclic) bond motifs is 5. The molecule has 7 atom stereocenters. The van der Waals surface area contributed by atoms with Gasteiger partial charge in [0.05, 0.1) is 6.61 Å². The smallest absolute Gasteiger partial charge is 0.169 e. The Balaban J connectivity index is 1.30. The highest BCUT2D eigenvalue weighted by Gasteiger charge is 2.60. The van der Waals surface area contributed by atoms with Crippen molar-refractivity contribution < 1.29 is 14.6 Å². The van der Waals surface area contributed by atoms with Gasteiger partial charge in [0.1, 0.15) is 5.78 Å². The summed E-state index contributed by atoms with van der Waals surface area (Å²) >= 11 is 0. The van der Waals surface area contributed by atoms with Crippen molar-refractivity contribution in [1.82, 2.24) is 0 Å². The van der Waals surface area contributed by atoms with Gasteiger partial charge < -0.3 is 9.84 Å². The van der Waals surface area contributed by atoms with Crippen LogP contribution in [-0.2, 0) is 22.6 Å². The molecule has 0 spiro atoms. The fourth-order valence-corrected chi connectivity index (χ4v) is 8.50. The van der Waals surface area contributed by atoms with Crippen LogP contribution < -0.4 is 0 Å². The van der Waals surface area contributed by atoms with Crippen molar-refractivity contribution >= 4 is 5.78 Å². The predicted molar refractivity (Wildman–Crippen MR) is 131 cm³/mol. The van der Waals surface area contributed by atoms with E-state index in [-0.39, 0.29) is 16.7 Å². The summed E-state index contributed by atoms with van der Waals surface area (Å²) in [5, 5.41) is 11.4. The Morgan fingerprint density at radius 2 is 1.76 bits per heavy atom. The summed E-state index contributed by atoms with van der Waals surface area (Å²) in [4.78, 5) is 12.4. The van der Waals surface area contributed by atoms with E-state index in [1.165, 1.54) is 30.4 Å². The first-order chi connectivity index (χ1) is 15.7. The highest BCUT2D eigenvalue weighted by molar-refractivity contribution is 5.79. The molecular formula is C30H42O3. The van der Waals surface area contributed by atoms with Gasteiger partial charge in [0.25, 0.3) is 0 Å². The minimum atomic E-state index is -1.06. The number of carbonyl (C=O) groups is 1. The molecule has 4 aliphatic carbocycles. The Hall–Kier alpha value is -1.45. The van der Waals surface area contributed by atoms with Crippen molar-refractivity contribution in [2.24, 2.45) is 34.5 Å². The molecule has 3 nitrogen and oxygen atoms in total. The van der Waals surface area contributed by atoms with Crippen molar-refractivity contribution in [3.05, 3.63) is 47.0 Å². The van der Waals surface area contributed by atoms with Crippen LogP contribution in [0.25, 0.3) is 0 Å². The predicted octanol–water partition coefficient (Wildman–Crippen LogP) is 6.62. The van der Waals surface area contributed by atoms with Crippen LogP contribution >= 0.6 is 0 Å². The number of aliphatic hydroxyl groups is 1. The summed E-state index contributed by atoms with van der Waals surface area (Å²) in [5.41, 5.74) is 4.23. The van der Waals surface area contributed by atoms with E-state index >= 15 is 0 Å². The molecule has 5 rings (SSSR count). The lowest BCUT2D eigenvalue weighted by molar-refractivity contribution is -0.231. The minimum Gasteiger partial charge on any atom is -0.365 e. The molecule has 3 fully saturated rings. The van der Waals surface area contributed by atoms with E-state index < -0.39 is 5.79 Å². The first kappa shape index (κ1) is 23.3. The maximum Gasteiger partial charge on any atom is 0.169 e. The average molecular weight is 451 g/mol. The number of ketones is 1. The summed E-state index contributed by atoms with van der Waals surface area (Å²) in [5.74, 6) is 1.64. The van der Waals surface area contributed by atoms with E-state index in [0.717, 1.165) is 31.2 Å². The van der Waals surface area contributed by atoms with Crippen LogP contribution in [0.15, 0.2) is 35.9 Å². The quantitative estimate of drug-likeness (QED) is 0.405. The number of allylic oxidation sites excluding steroid dienone is 1. The topological polar surface area (TPSA) is 46.5 Å². The maximum atomic E-state index is 12.4. The van der Waals surface area contributed by atoms with Crippen LogP contribution in [0.3, 0.4) is 0 Å². The number of aryl methyl sites for hydroxylation is 1. The average Bonchev–Trinajstić information content (AvgIpc) is 3.16. The summed E-state index contributed by atoms with van der Waals surface area (Å²) in [6, 6.07) is 8.55. The van der Waals surface area contributed by atoms with Gasteiger partial charge in [-0.05, 0) is 91.6 Å². The molecule has 1 aromatic rings. The van der Waals surface area contributed by atoms with Crippen molar-refractivity contribution in [2.75, 3.05) is 0 Å². The van der Waals surface area contributed by atoms with Crippen LogP contribution in [0.1, 0.15) is 90.2 Å². The molecule has 0 aliphatic heterocycles. The van der Waals surface area contributed by atoms with Crippen LogP contribution in [0.5, 0.6) is 0 Å². The second-order valence-electron chi connectivity index (χ2n) is 12.1. The molecule has 1 N–H and O–H groups in total. The van der Waals surface area contributed by atoms with Gasteiger partial charge >= 0.3 is 0 Å². The zero-order chi connectivity index (χ0) is 23.4. The van der Waals surface area contributed by atoms with Crippen LogP contribution in [0, 0.1) is 34.5 Å². The van der Waals surface area contributed by atoms with Gasteiger partial charge in [0.2, 0.25) is 0 Å². The second-order valence-corrected chi connectivity index (χ2v) is 12.1. The number of hydrogen-bond donors (Lipinski definition) is 1. The number of benzene rings is 1. The Bertz CT molecular complexity index is 932. The molecule has 0 amide bonds. The molecule has 0 heterocycles. The van der Waals surface area contributed by atoms with Crippen molar-refractivity contribution in [3.63, 3.8) is 0 Å². The van der Waals surface area contributed by atoms with Gasteiger partial charge in [-0.15, -0.1) is 0 Å². The fraction of sp³-hybridized carbons (Fsp3) is 0.700. The fourth-order valence-electron chi connectivity index (χ4n) is 8.50. The first-order valence-electron chi connectivity index (χ1n) is 13.3. The summed E-state index contributed by atoms with van der Waals surface area (Å²) in [6.45, 7) is 9.30. The van der Waals surface area contributed by atoms with E-state index in [0.29, 0.717) is 43.0 Å². The number of rotatable bonds is 5. The lowest BCUT2D eigenvalue weighted by atomic mass is 9.47. The van der Waals surface area contributed by atoms with Crippen molar-refractivity contribution in [1.29, 1.82) is 0 Å². The van der Waals surface area contributed by atoms with E-state index in [1.807, 2.05) is 6.92 Å². The third kappa shape index (κ3) is 3.84. The third-order valence-electron chi connectivity index (χ3n) is 10.6. The summed E-state index contributed by atoms with van der Waals surface area (Å²) in [7, 11) is 0. The third-order valence-corrected chi connectivity index (χ3v) is 10.6. The van der Waals surface area contributed by atoms with E-state index in [4.69, 9.17) is 4.74 Å². The van der Waals surface area contributed by atoms with E-state index in [1.54, 1.807) is 0 Å². The van der Waals surface area contributed by atoms with Crippen molar-refractivity contribution in [3.8, 4) is 0 Å². The molecular weight excluding hydrogens is 408 g/mol. The highest BCUT2D eigenvalue weighted by Crippen LogP contribution is 2.66. The molecule has 0 radical (unpaired) electrons. The van der Waals surface area contributed by atoms with Crippen LogP contribution in [0.2, 0.25) is 0 Å². The molecule has 3 heteroatoms. The van der Waals surface area contributed by atoms with Gasteiger partial charge in [-0.2, -0.15) is 0 Å².